The summed E-state index contributed by atoms with van der Waals surface area (Å²) in [5, 5.41) is 15.3. The Morgan fingerprint density at radius 1 is 1.50 bits per heavy atom. The van der Waals surface area contributed by atoms with Gasteiger partial charge in [-0.2, -0.15) is 0 Å². The van der Waals surface area contributed by atoms with Crippen LogP contribution < -0.4 is 0 Å². The highest BCUT2D eigenvalue weighted by Crippen LogP contribution is 2.40. The quantitative estimate of drug-likeness (QED) is 0.760. The third-order valence-corrected chi connectivity index (χ3v) is 3.18. The van der Waals surface area contributed by atoms with Crippen LogP contribution in [0.1, 0.15) is 39.0 Å². The molecule has 1 rings (SSSR count). The average molecular weight is 252 g/mol. The van der Waals surface area contributed by atoms with Gasteiger partial charge in [0.2, 0.25) is 0 Å². The van der Waals surface area contributed by atoms with Crippen molar-refractivity contribution in [3.8, 4) is 0 Å². The number of carbonyl (C=O) groups excluding carboxylic acids is 1. The molecule has 1 aliphatic rings. The largest absolute Gasteiger partial charge is 0.512 e. The number of rotatable bonds is 5. The Bertz CT molecular complexity index is 414. The second-order valence-electron chi connectivity index (χ2n) is 4.32. The van der Waals surface area contributed by atoms with Crippen molar-refractivity contribution in [2.45, 2.75) is 44.6 Å². The predicted molar refractivity (Wildman–Crippen MR) is 66.9 cm³/mol. The van der Waals surface area contributed by atoms with E-state index in [-0.39, 0.29) is 18.6 Å². The van der Waals surface area contributed by atoms with Crippen molar-refractivity contribution >= 4 is 5.91 Å². The van der Waals surface area contributed by atoms with Gasteiger partial charge in [-0.3, -0.25) is 4.79 Å². The van der Waals surface area contributed by atoms with E-state index in [0.29, 0.717) is 24.8 Å². The van der Waals surface area contributed by atoms with E-state index in [2.05, 4.69) is 10.4 Å². The third kappa shape index (κ3) is 2.88. The van der Waals surface area contributed by atoms with Gasteiger partial charge in [0.05, 0.1) is 5.76 Å². The van der Waals surface area contributed by atoms with Crippen LogP contribution in [0.15, 0.2) is 33.8 Å². The summed E-state index contributed by atoms with van der Waals surface area (Å²) in [4.78, 5) is 32.2. The van der Waals surface area contributed by atoms with Crippen LogP contribution in [0.25, 0.3) is 0 Å². The molecule has 0 spiro atoms. The van der Waals surface area contributed by atoms with E-state index in [1.165, 1.54) is 0 Å². The molecule has 0 aromatic rings. The first-order valence-electron chi connectivity index (χ1n) is 5.85. The summed E-state index contributed by atoms with van der Waals surface area (Å²) in [7, 11) is 0. The van der Waals surface area contributed by atoms with Crippen LogP contribution in [0.5, 0.6) is 0 Å². The molecule has 6 heteroatoms. The SMILES string of the molecule is C/C=C/C1=C(O)CCCC1(CCC(=O)N=O)N=O. The van der Waals surface area contributed by atoms with Crippen molar-refractivity contribution in [1.29, 1.82) is 0 Å². The summed E-state index contributed by atoms with van der Waals surface area (Å²) >= 11 is 0. The van der Waals surface area contributed by atoms with E-state index in [0.717, 1.165) is 0 Å². The average Bonchev–Trinajstić information content (AvgIpc) is 2.39. The Labute approximate surface area is 105 Å². The molecular weight excluding hydrogens is 236 g/mol. The molecular formula is C12H16N2O4. The fourth-order valence-electron chi connectivity index (χ4n) is 2.26. The van der Waals surface area contributed by atoms with Gasteiger partial charge in [0.25, 0.3) is 5.91 Å². The van der Waals surface area contributed by atoms with E-state index < -0.39 is 11.4 Å². The van der Waals surface area contributed by atoms with Crippen molar-refractivity contribution in [2.24, 2.45) is 10.4 Å². The molecule has 0 heterocycles. The fraction of sp³-hybridized carbons (Fsp3) is 0.583. The van der Waals surface area contributed by atoms with E-state index in [1.807, 2.05) is 0 Å². The molecule has 0 bridgehead atoms. The number of carbonyl (C=O) groups is 1. The number of amides is 1. The highest BCUT2D eigenvalue weighted by molar-refractivity contribution is 5.76. The summed E-state index contributed by atoms with van der Waals surface area (Å²) in [6.45, 7) is 1.77. The maximum absolute atomic E-state index is 11.2. The highest BCUT2D eigenvalue weighted by atomic mass is 16.3. The standard InChI is InChI=1S/C12H16N2O4/c1-2-4-9-10(15)5-3-7-12(9,14-18)8-6-11(16)13-17/h2,4,15H,3,5-8H2,1H3/b4-2+. The maximum atomic E-state index is 11.2. The molecule has 6 nitrogen and oxygen atoms in total. The van der Waals surface area contributed by atoms with Crippen LogP contribution >= 0.6 is 0 Å². The van der Waals surface area contributed by atoms with Crippen molar-refractivity contribution in [1.82, 2.24) is 0 Å². The molecule has 0 saturated heterocycles. The normalized spacial score (nSPS) is 24.3. The molecule has 0 saturated carbocycles. The van der Waals surface area contributed by atoms with Crippen molar-refractivity contribution in [2.75, 3.05) is 0 Å². The fourth-order valence-corrected chi connectivity index (χ4v) is 2.26. The molecule has 0 aromatic carbocycles. The second kappa shape index (κ2) is 6.18. The molecule has 0 aliphatic heterocycles. The van der Waals surface area contributed by atoms with Gasteiger partial charge in [-0.25, -0.2) is 0 Å². The zero-order valence-corrected chi connectivity index (χ0v) is 10.3. The topological polar surface area (TPSA) is 96.2 Å². The number of aliphatic hydroxyl groups is 1. The number of hydrogen-bond donors (Lipinski definition) is 1. The van der Waals surface area contributed by atoms with Gasteiger partial charge < -0.3 is 5.11 Å². The molecule has 1 amide bonds. The minimum Gasteiger partial charge on any atom is -0.512 e. The molecule has 98 valence electrons. The van der Waals surface area contributed by atoms with Crippen LogP contribution in [0.4, 0.5) is 0 Å². The van der Waals surface area contributed by atoms with Crippen LogP contribution in [0.3, 0.4) is 0 Å². The van der Waals surface area contributed by atoms with Crippen molar-refractivity contribution in [3.05, 3.63) is 33.3 Å². The lowest BCUT2D eigenvalue weighted by atomic mass is 9.76. The lowest BCUT2D eigenvalue weighted by Crippen LogP contribution is -2.32. The van der Waals surface area contributed by atoms with E-state index in [4.69, 9.17) is 0 Å². The van der Waals surface area contributed by atoms with Gasteiger partial charge in [-0.15, -0.1) is 9.81 Å². The summed E-state index contributed by atoms with van der Waals surface area (Å²) < 4.78 is 0. The smallest absolute Gasteiger partial charge is 0.286 e. The van der Waals surface area contributed by atoms with Crippen molar-refractivity contribution < 1.29 is 9.90 Å². The highest BCUT2D eigenvalue weighted by Gasteiger charge is 2.39. The van der Waals surface area contributed by atoms with E-state index in [1.54, 1.807) is 19.1 Å². The third-order valence-electron chi connectivity index (χ3n) is 3.18. The van der Waals surface area contributed by atoms with Crippen LogP contribution in [-0.2, 0) is 4.79 Å². The Balaban J connectivity index is 3.02. The number of hydrogen-bond acceptors (Lipinski definition) is 5. The van der Waals surface area contributed by atoms with Gasteiger partial charge in [0.15, 0.2) is 0 Å². The van der Waals surface area contributed by atoms with Gasteiger partial charge in [0, 0.05) is 23.6 Å². The van der Waals surface area contributed by atoms with Gasteiger partial charge in [-0.1, -0.05) is 17.3 Å². The Morgan fingerprint density at radius 2 is 2.22 bits per heavy atom. The first-order valence-corrected chi connectivity index (χ1v) is 5.85. The van der Waals surface area contributed by atoms with Crippen molar-refractivity contribution in [3.63, 3.8) is 0 Å². The molecule has 18 heavy (non-hydrogen) atoms. The molecule has 1 N–H and O–H groups in total. The minimum atomic E-state index is -1.12. The van der Waals surface area contributed by atoms with Crippen LogP contribution in [-0.4, -0.2) is 16.6 Å². The number of nitrogens with zero attached hydrogens (tertiary/aromatic N) is 2. The predicted octanol–water partition coefficient (Wildman–Crippen LogP) is 3.14. The lowest BCUT2D eigenvalue weighted by Gasteiger charge is -2.31. The van der Waals surface area contributed by atoms with Gasteiger partial charge in [-0.05, 0) is 26.2 Å². The first kappa shape index (κ1) is 14.2. The molecule has 0 fully saturated rings. The molecule has 0 radical (unpaired) electrons. The summed E-state index contributed by atoms with van der Waals surface area (Å²) in [5.74, 6) is -0.673. The van der Waals surface area contributed by atoms with Gasteiger partial charge in [0.1, 0.15) is 5.54 Å². The summed E-state index contributed by atoms with van der Waals surface area (Å²) in [6.07, 6.45) is 4.89. The molecule has 1 atom stereocenters. The summed E-state index contributed by atoms with van der Waals surface area (Å²) in [5.41, 5.74) is -0.667. The van der Waals surface area contributed by atoms with Crippen LogP contribution in [0, 0.1) is 9.81 Å². The van der Waals surface area contributed by atoms with E-state index >= 15 is 0 Å². The number of allylic oxidation sites excluding steroid dienone is 2. The minimum absolute atomic E-state index is 0.102. The second-order valence-corrected chi connectivity index (χ2v) is 4.32. The summed E-state index contributed by atoms with van der Waals surface area (Å²) in [6, 6.07) is 0. The van der Waals surface area contributed by atoms with Gasteiger partial charge >= 0.3 is 0 Å². The zero-order chi connectivity index (χ0) is 13.6. The number of nitroso groups, excluding NO2 is 2. The Kier molecular flexibility index (Phi) is 4.88. The first-order chi connectivity index (χ1) is 8.59. The van der Waals surface area contributed by atoms with Crippen LogP contribution in [0.2, 0.25) is 0 Å². The Morgan fingerprint density at radius 3 is 2.78 bits per heavy atom. The lowest BCUT2D eigenvalue weighted by molar-refractivity contribution is -0.118. The Hall–Kier alpha value is -1.85. The molecule has 1 unspecified atom stereocenters. The zero-order valence-electron chi connectivity index (χ0n) is 10.3. The monoisotopic (exact) mass is 252 g/mol. The maximum Gasteiger partial charge on any atom is 0.286 e. The number of aliphatic hydroxyl groups excluding tert-OH is 1. The molecule has 0 aromatic heterocycles. The van der Waals surface area contributed by atoms with E-state index in [9.17, 15) is 19.7 Å². The molecule has 1 aliphatic carbocycles.